The highest BCUT2D eigenvalue weighted by atomic mass is 79.9. The number of hydrogen-bond acceptors (Lipinski definition) is 3. The predicted molar refractivity (Wildman–Crippen MR) is 76.3 cm³/mol. The summed E-state index contributed by atoms with van der Waals surface area (Å²) in [6.45, 7) is 4.69. The first-order valence-corrected chi connectivity index (χ1v) is 7.00. The van der Waals surface area contributed by atoms with Gasteiger partial charge in [0.25, 0.3) is 0 Å². The number of aromatic nitrogens is 1. The summed E-state index contributed by atoms with van der Waals surface area (Å²) < 4.78 is 0.731. The van der Waals surface area contributed by atoms with Gasteiger partial charge in [0.2, 0.25) is 12.3 Å². The van der Waals surface area contributed by atoms with Crippen molar-refractivity contribution >= 4 is 28.2 Å². The van der Waals surface area contributed by atoms with Crippen LogP contribution in [0.1, 0.15) is 25.8 Å². The second kappa shape index (κ2) is 7.89. The maximum atomic E-state index is 12.1. The summed E-state index contributed by atoms with van der Waals surface area (Å²) in [4.78, 5) is 28.5. The summed E-state index contributed by atoms with van der Waals surface area (Å²) in [7, 11) is 0. The number of nitrogens with zero attached hydrogens (tertiary/aromatic N) is 2. The molecule has 0 fully saturated rings. The third kappa shape index (κ3) is 4.63. The monoisotopic (exact) mass is 327 g/mol. The number of carbonyl (C=O) groups is 2. The lowest BCUT2D eigenvalue weighted by atomic mass is 10.1. The lowest BCUT2D eigenvalue weighted by Gasteiger charge is -2.25. The summed E-state index contributed by atoms with van der Waals surface area (Å²) in [5.41, 5.74) is 0.958. The summed E-state index contributed by atoms with van der Waals surface area (Å²) in [6.07, 6.45) is 2.99. The molecule has 2 amide bonds. The molecule has 0 aliphatic rings. The first kappa shape index (κ1) is 15.6. The van der Waals surface area contributed by atoms with Crippen LogP contribution >= 0.6 is 15.9 Å². The van der Waals surface area contributed by atoms with E-state index in [0.29, 0.717) is 19.5 Å². The molecule has 0 radical (unpaired) electrons. The summed E-state index contributed by atoms with van der Waals surface area (Å²) >= 11 is 3.28. The average molecular weight is 328 g/mol. The highest BCUT2D eigenvalue weighted by Gasteiger charge is 2.21. The Hall–Kier alpha value is -1.43. The molecule has 0 saturated heterocycles. The zero-order valence-electron chi connectivity index (χ0n) is 11.1. The Kier molecular flexibility index (Phi) is 6.49. The van der Waals surface area contributed by atoms with Crippen LogP contribution in [-0.2, 0) is 16.1 Å². The van der Waals surface area contributed by atoms with Gasteiger partial charge < -0.3 is 10.2 Å². The van der Waals surface area contributed by atoms with Gasteiger partial charge in [0.1, 0.15) is 10.6 Å². The van der Waals surface area contributed by atoms with Crippen LogP contribution in [0.4, 0.5) is 0 Å². The van der Waals surface area contributed by atoms with Crippen LogP contribution in [0.25, 0.3) is 0 Å². The van der Waals surface area contributed by atoms with E-state index in [-0.39, 0.29) is 5.91 Å². The molecule has 5 nitrogen and oxygen atoms in total. The van der Waals surface area contributed by atoms with Crippen LogP contribution in [0.5, 0.6) is 0 Å². The van der Waals surface area contributed by atoms with Crippen LogP contribution in [0.15, 0.2) is 22.9 Å². The molecular formula is C13H18BrN3O2. The van der Waals surface area contributed by atoms with Gasteiger partial charge in [0.15, 0.2) is 0 Å². The minimum atomic E-state index is -0.409. The molecule has 1 rings (SSSR count). The number of pyridine rings is 1. The largest absolute Gasteiger partial charge is 0.350 e. The van der Waals surface area contributed by atoms with Crippen molar-refractivity contribution in [3.05, 3.63) is 28.5 Å². The van der Waals surface area contributed by atoms with Crippen LogP contribution in [0.2, 0.25) is 0 Å². The van der Waals surface area contributed by atoms with Gasteiger partial charge >= 0.3 is 0 Å². The zero-order valence-corrected chi connectivity index (χ0v) is 12.7. The number of rotatable bonds is 7. The molecule has 1 unspecified atom stereocenters. The van der Waals surface area contributed by atoms with Gasteiger partial charge in [-0.3, -0.25) is 9.59 Å². The quantitative estimate of drug-likeness (QED) is 0.612. The van der Waals surface area contributed by atoms with Crippen LogP contribution in [-0.4, -0.2) is 34.8 Å². The van der Waals surface area contributed by atoms with Crippen molar-refractivity contribution < 1.29 is 9.59 Å². The smallest absolute Gasteiger partial charge is 0.243 e. The van der Waals surface area contributed by atoms with Gasteiger partial charge in [0.05, 0.1) is 0 Å². The van der Waals surface area contributed by atoms with Crippen molar-refractivity contribution in [2.24, 2.45) is 0 Å². The van der Waals surface area contributed by atoms with E-state index in [0.717, 1.165) is 16.6 Å². The summed E-state index contributed by atoms with van der Waals surface area (Å²) in [5.74, 6) is -0.135. The Morgan fingerprint density at radius 3 is 2.84 bits per heavy atom. The molecule has 0 bridgehead atoms. The summed E-state index contributed by atoms with van der Waals surface area (Å²) in [5, 5.41) is 2.84. The highest BCUT2D eigenvalue weighted by molar-refractivity contribution is 9.10. The number of carbonyl (C=O) groups excluding carboxylic acids is 2. The molecule has 1 N–H and O–H groups in total. The van der Waals surface area contributed by atoms with Gasteiger partial charge in [-0.15, -0.1) is 0 Å². The van der Waals surface area contributed by atoms with E-state index in [1.54, 1.807) is 6.20 Å². The molecule has 1 heterocycles. The molecule has 0 spiro atoms. The van der Waals surface area contributed by atoms with Crippen molar-refractivity contribution in [1.82, 2.24) is 15.2 Å². The zero-order chi connectivity index (χ0) is 14.3. The molecule has 6 heteroatoms. The first-order valence-electron chi connectivity index (χ1n) is 6.21. The Morgan fingerprint density at radius 2 is 2.32 bits per heavy atom. The van der Waals surface area contributed by atoms with Crippen molar-refractivity contribution in [1.29, 1.82) is 0 Å². The lowest BCUT2D eigenvalue weighted by molar-refractivity contribution is -0.133. The highest BCUT2D eigenvalue weighted by Crippen LogP contribution is 2.08. The molecule has 1 atom stereocenters. The second-order valence-corrected chi connectivity index (χ2v) is 4.88. The number of likely N-dealkylation sites (N-methyl/N-ethyl adjacent to an activating group) is 1. The second-order valence-electron chi connectivity index (χ2n) is 4.06. The fraction of sp³-hybridized carbons (Fsp3) is 0.462. The number of hydrogen-bond donors (Lipinski definition) is 1. The number of amides is 2. The van der Waals surface area contributed by atoms with E-state index in [4.69, 9.17) is 0 Å². The van der Waals surface area contributed by atoms with E-state index in [9.17, 15) is 9.59 Å². The topological polar surface area (TPSA) is 62.3 Å². The maximum Gasteiger partial charge on any atom is 0.243 e. The van der Waals surface area contributed by atoms with E-state index in [2.05, 4.69) is 26.2 Å². The SMILES string of the molecule is CCC(C(=O)NCc1ccnc(Br)c1)N(C=O)CC. The molecule has 1 aromatic rings. The fourth-order valence-corrected chi connectivity index (χ4v) is 2.21. The molecule has 19 heavy (non-hydrogen) atoms. The van der Waals surface area contributed by atoms with Crippen LogP contribution in [0.3, 0.4) is 0 Å². The fourth-order valence-electron chi connectivity index (χ4n) is 1.80. The van der Waals surface area contributed by atoms with E-state index in [1.165, 1.54) is 4.90 Å². The Balaban J connectivity index is 2.60. The van der Waals surface area contributed by atoms with Gasteiger partial charge in [-0.05, 0) is 47.0 Å². The van der Waals surface area contributed by atoms with Crippen molar-refractivity contribution in [3.8, 4) is 0 Å². The molecule has 0 saturated carbocycles. The van der Waals surface area contributed by atoms with Crippen molar-refractivity contribution in [3.63, 3.8) is 0 Å². The first-order chi connectivity index (χ1) is 9.12. The normalized spacial score (nSPS) is 11.7. The Bertz CT molecular complexity index is 440. The van der Waals surface area contributed by atoms with E-state index < -0.39 is 6.04 Å². The Morgan fingerprint density at radius 1 is 1.58 bits per heavy atom. The lowest BCUT2D eigenvalue weighted by Crippen LogP contribution is -2.45. The molecule has 104 valence electrons. The molecule has 0 aliphatic heterocycles. The van der Waals surface area contributed by atoms with Crippen molar-refractivity contribution in [2.45, 2.75) is 32.9 Å². The molecule has 0 aliphatic carbocycles. The average Bonchev–Trinajstić information content (AvgIpc) is 2.42. The van der Waals surface area contributed by atoms with E-state index in [1.807, 2.05) is 26.0 Å². The summed E-state index contributed by atoms with van der Waals surface area (Å²) in [6, 6.07) is 3.27. The van der Waals surface area contributed by atoms with E-state index >= 15 is 0 Å². The number of nitrogens with one attached hydrogen (secondary N) is 1. The third-order valence-corrected chi connectivity index (χ3v) is 3.28. The minimum Gasteiger partial charge on any atom is -0.350 e. The minimum absolute atomic E-state index is 0.135. The molecule has 0 aromatic carbocycles. The van der Waals surface area contributed by atoms with Gasteiger partial charge in [-0.1, -0.05) is 6.92 Å². The van der Waals surface area contributed by atoms with Crippen LogP contribution < -0.4 is 5.32 Å². The van der Waals surface area contributed by atoms with Crippen LogP contribution in [0, 0.1) is 0 Å². The maximum absolute atomic E-state index is 12.1. The number of halogens is 1. The molecule has 1 aromatic heterocycles. The van der Waals surface area contributed by atoms with Gasteiger partial charge in [-0.25, -0.2) is 4.98 Å². The molecular weight excluding hydrogens is 310 g/mol. The van der Waals surface area contributed by atoms with Gasteiger partial charge in [-0.2, -0.15) is 0 Å². The van der Waals surface area contributed by atoms with Crippen molar-refractivity contribution in [2.75, 3.05) is 6.54 Å². The standard InChI is InChI=1S/C13H18BrN3O2/c1-3-11(17(4-2)9-18)13(19)16-8-10-5-6-15-12(14)7-10/h5-7,9,11H,3-4,8H2,1-2H3,(H,16,19). The van der Waals surface area contributed by atoms with Gasteiger partial charge in [0, 0.05) is 19.3 Å². The third-order valence-electron chi connectivity index (χ3n) is 2.85. The Labute approximate surface area is 121 Å². The predicted octanol–water partition coefficient (Wildman–Crippen LogP) is 1.72.